The van der Waals surface area contributed by atoms with Crippen LogP contribution in [0.25, 0.3) is 0 Å². The fourth-order valence-electron chi connectivity index (χ4n) is 2.02. The highest BCUT2D eigenvalue weighted by atomic mass is 19.4. The second-order valence-corrected chi connectivity index (χ2v) is 5.11. The molecule has 0 spiro atoms. The minimum absolute atomic E-state index is 0.135. The average Bonchev–Trinajstić information content (AvgIpc) is 2.51. The molecule has 8 heteroatoms. The minimum Gasteiger partial charge on any atom is -0.463 e. The number of esters is 1. The molecule has 1 amide bonds. The zero-order chi connectivity index (χ0) is 18.2. The molecule has 2 N–H and O–H groups in total. The average molecular weight is 346 g/mol. The fraction of sp³-hybridized carbons (Fsp3) is 0.500. The molecule has 1 rings (SSSR count). The lowest BCUT2D eigenvalue weighted by Gasteiger charge is -2.34. The molecule has 0 heterocycles. The smallest absolute Gasteiger partial charge is 0.436 e. The summed E-state index contributed by atoms with van der Waals surface area (Å²) < 4.78 is 45.6. The number of hydrogen-bond donors (Lipinski definition) is 2. The summed E-state index contributed by atoms with van der Waals surface area (Å²) in [6.45, 7) is 2.53. The number of carbonyl (C=O) groups is 2. The molecular formula is C16H21F3N2O3. The largest absolute Gasteiger partial charge is 0.463 e. The molecule has 0 aliphatic heterocycles. The van der Waals surface area contributed by atoms with Crippen LogP contribution in [0.15, 0.2) is 30.3 Å². The molecule has 5 nitrogen and oxygen atoms in total. The predicted molar refractivity (Wildman–Crippen MR) is 81.8 cm³/mol. The van der Waals surface area contributed by atoms with E-state index in [0.717, 1.165) is 0 Å². The zero-order valence-corrected chi connectivity index (χ0v) is 13.6. The van der Waals surface area contributed by atoms with Crippen molar-refractivity contribution in [2.75, 3.05) is 6.61 Å². The molecule has 0 fully saturated rings. The first-order valence-electron chi connectivity index (χ1n) is 7.60. The van der Waals surface area contributed by atoms with Gasteiger partial charge < -0.3 is 10.1 Å². The zero-order valence-electron chi connectivity index (χ0n) is 13.6. The van der Waals surface area contributed by atoms with Gasteiger partial charge in [-0.05, 0) is 18.9 Å². The van der Waals surface area contributed by atoms with E-state index in [9.17, 15) is 22.8 Å². The van der Waals surface area contributed by atoms with Gasteiger partial charge in [-0.2, -0.15) is 13.2 Å². The van der Waals surface area contributed by atoms with E-state index < -0.39 is 23.7 Å². The number of halogens is 3. The van der Waals surface area contributed by atoms with Crippen LogP contribution in [0.2, 0.25) is 0 Å². The van der Waals surface area contributed by atoms with Gasteiger partial charge in [0.15, 0.2) is 0 Å². The molecule has 0 saturated heterocycles. The molecule has 1 unspecified atom stereocenters. The van der Waals surface area contributed by atoms with Crippen LogP contribution < -0.4 is 10.6 Å². The van der Waals surface area contributed by atoms with Crippen molar-refractivity contribution in [1.29, 1.82) is 0 Å². The molecule has 0 aromatic heterocycles. The first kappa shape index (κ1) is 20.0. The summed E-state index contributed by atoms with van der Waals surface area (Å²) in [5.41, 5.74) is -2.76. The van der Waals surface area contributed by atoms with Gasteiger partial charge in [0.1, 0.15) is 0 Å². The summed E-state index contributed by atoms with van der Waals surface area (Å²) in [6, 6.07) is 8.24. The lowest BCUT2D eigenvalue weighted by Crippen LogP contribution is -2.72. The maximum Gasteiger partial charge on any atom is 0.436 e. The van der Waals surface area contributed by atoms with Crippen molar-refractivity contribution in [2.24, 2.45) is 0 Å². The van der Waals surface area contributed by atoms with Crippen LogP contribution in [0, 0.1) is 0 Å². The van der Waals surface area contributed by atoms with Crippen LogP contribution in [0.3, 0.4) is 0 Å². The molecule has 1 aromatic carbocycles. The Morgan fingerprint density at radius 3 is 2.25 bits per heavy atom. The Morgan fingerprint density at radius 2 is 1.75 bits per heavy atom. The molecule has 24 heavy (non-hydrogen) atoms. The van der Waals surface area contributed by atoms with Crippen LogP contribution in [0.1, 0.15) is 32.3 Å². The highest BCUT2D eigenvalue weighted by Gasteiger charge is 2.62. The summed E-state index contributed by atoms with van der Waals surface area (Å²) in [4.78, 5) is 23.8. The van der Waals surface area contributed by atoms with E-state index in [1.165, 1.54) is 6.92 Å². The number of nitrogens with one attached hydrogen (secondary N) is 2. The summed E-state index contributed by atoms with van der Waals surface area (Å²) >= 11 is 0. The lowest BCUT2D eigenvalue weighted by atomic mass is 10.1. The summed E-state index contributed by atoms with van der Waals surface area (Å²) in [5.74, 6) is -2.47. The first-order chi connectivity index (χ1) is 11.3. The van der Waals surface area contributed by atoms with Crippen molar-refractivity contribution in [3.63, 3.8) is 0 Å². The van der Waals surface area contributed by atoms with Crippen LogP contribution in [-0.2, 0) is 20.9 Å². The Bertz CT molecular complexity index is 549. The maximum absolute atomic E-state index is 13.7. The van der Waals surface area contributed by atoms with Crippen molar-refractivity contribution in [3.05, 3.63) is 35.9 Å². The van der Waals surface area contributed by atoms with Gasteiger partial charge in [0.25, 0.3) is 5.66 Å². The molecule has 0 bridgehead atoms. The first-order valence-corrected chi connectivity index (χ1v) is 7.60. The van der Waals surface area contributed by atoms with Crippen molar-refractivity contribution >= 4 is 11.9 Å². The van der Waals surface area contributed by atoms with E-state index in [1.807, 2.05) is 0 Å². The summed E-state index contributed by atoms with van der Waals surface area (Å²) in [6.07, 6.45) is -4.86. The van der Waals surface area contributed by atoms with Crippen molar-refractivity contribution in [2.45, 2.75) is 45.1 Å². The summed E-state index contributed by atoms with van der Waals surface area (Å²) in [7, 11) is 0. The molecule has 0 aliphatic carbocycles. The summed E-state index contributed by atoms with van der Waals surface area (Å²) in [5, 5.41) is 3.91. The minimum atomic E-state index is -5.07. The molecule has 134 valence electrons. The van der Waals surface area contributed by atoms with Crippen LogP contribution >= 0.6 is 0 Å². The van der Waals surface area contributed by atoms with E-state index >= 15 is 0 Å². The van der Waals surface area contributed by atoms with Gasteiger partial charge in [0, 0.05) is 13.0 Å². The van der Waals surface area contributed by atoms with Gasteiger partial charge >= 0.3 is 12.1 Å². The lowest BCUT2D eigenvalue weighted by molar-refractivity contribution is -0.222. The van der Waals surface area contributed by atoms with Crippen molar-refractivity contribution < 1.29 is 27.5 Å². The second-order valence-electron chi connectivity index (χ2n) is 5.11. The van der Waals surface area contributed by atoms with Crippen LogP contribution in [0.5, 0.6) is 0 Å². The van der Waals surface area contributed by atoms with E-state index in [1.54, 1.807) is 42.6 Å². The Morgan fingerprint density at radius 1 is 1.12 bits per heavy atom. The van der Waals surface area contributed by atoms with Gasteiger partial charge in [-0.3, -0.25) is 10.1 Å². The normalized spacial score (nSPS) is 13.9. The van der Waals surface area contributed by atoms with Crippen molar-refractivity contribution in [3.8, 4) is 0 Å². The highest BCUT2D eigenvalue weighted by Crippen LogP contribution is 2.30. The monoisotopic (exact) mass is 346 g/mol. The molecule has 0 radical (unpaired) electrons. The number of ether oxygens (including phenoxy) is 1. The van der Waals surface area contributed by atoms with Gasteiger partial charge in [-0.1, -0.05) is 37.3 Å². The highest BCUT2D eigenvalue weighted by molar-refractivity contribution is 5.88. The third kappa shape index (κ3) is 4.95. The fourth-order valence-corrected chi connectivity index (χ4v) is 2.02. The molecule has 0 aliphatic rings. The Labute approximate surface area is 138 Å². The predicted octanol–water partition coefficient (Wildman–Crippen LogP) is 2.51. The third-order valence-corrected chi connectivity index (χ3v) is 3.21. The van der Waals surface area contributed by atoms with Crippen LogP contribution in [-0.4, -0.2) is 30.3 Å². The molecule has 1 aromatic rings. The standard InChI is InChI=1S/C16H21F3N2O3/c1-3-8-13(22)21-15(16(17,18)19,14(23)24-4-2)20-11-12-9-6-5-7-10-12/h5-7,9-10,20H,3-4,8,11H2,1-2H3,(H,21,22). The maximum atomic E-state index is 13.7. The molecular weight excluding hydrogens is 325 g/mol. The second kappa shape index (κ2) is 8.68. The Balaban J connectivity index is 3.13. The number of carbonyl (C=O) groups excluding carboxylic acids is 2. The van der Waals surface area contributed by atoms with Gasteiger partial charge in [0.2, 0.25) is 5.91 Å². The quantitative estimate of drug-likeness (QED) is 0.561. The topological polar surface area (TPSA) is 67.4 Å². The molecule has 0 saturated carbocycles. The van der Waals surface area contributed by atoms with Gasteiger partial charge in [0.05, 0.1) is 6.61 Å². The van der Waals surface area contributed by atoms with E-state index in [2.05, 4.69) is 10.1 Å². The Kier molecular flexibility index (Phi) is 7.21. The number of benzene rings is 1. The van der Waals surface area contributed by atoms with E-state index in [0.29, 0.717) is 12.0 Å². The third-order valence-electron chi connectivity index (χ3n) is 3.21. The van der Waals surface area contributed by atoms with Crippen LogP contribution in [0.4, 0.5) is 13.2 Å². The number of amides is 1. The van der Waals surface area contributed by atoms with Crippen molar-refractivity contribution in [1.82, 2.24) is 10.6 Å². The van der Waals surface area contributed by atoms with E-state index in [4.69, 9.17) is 0 Å². The number of hydrogen-bond acceptors (Lipinski definition) is 4. The number of rotatable bonds is 8. The van der Waals surface area contributed by atoms with Gasteiger partial charge in [-0.15, -0.1) is 0 Å². The molecule has 1 atom stereocenters. The number of alkyl halides is 3. The van der Waals surface area contributed by atoms with Gasteiger partial charge in [-0.25, -0.2) is 4.79 Å². The SMILES string of the molecule is CCCC(=O)NC(NCc1ccccc1)(C(=O)OCC)C(F)(F)F. The Hall–Kier alpha value is -2.09. The van der Waals surface area contributed by atoms with E-state index in [-0.39, 0.29) is 19.6 Å².